The van der Waals surface area contributed by atoms with Crippen LogP contribution >= 0.6 is 11.6 Å². The molecule has 3 amide bonds. The number of rotatable bonds is 7. The van der Waals surface area contributed by atoms with E-state index in [-0.39, 0.29) is 47.2 Å². The van der Waals surface area contributed by atoms with Crippen LogP contribution in [0.25, 0.3) is 0 Å². The second kappa shape index (κ2) is 10.8. The lowest BCUT2D eigenvalue weighted by Gasteiger charge is -2.42. The van der Waals surface area contributed by atoms with Gasteiger partial charge in [0.1, 0.15) is 12.6 Å². The molecule has 1 saturated heterocycles. The van der Waals surface area contributed by atoms with Gasteiger partial charge in [-0.05, 0) is 55.7 Å². The highest BCUT2D eigenvalue weighted by Gasteiger charge is 2.56. The van der Waals surface area contributed by atoms with Gasteiger partial charge < -0.3 is 25.8 Å². The summed E-state index contributed by atoms with van der Waals surface area (Å²) < 4.78 is 72.5. The number of amides is 3. The van der Waals surface area contributed by atoms with Gasteiger partial charge >= 0.3 is 6.09 Å². The molecule has 3 aliphatic rings. The molecule has 220 valence electrons. The monoisotopic (exact) mass is 615 g/mol. The van der Waals surface area contributed by atoms with Crippen LogP contribution in [0, 0.1) is 29.3 Å². The molecule has 2 aliphatic carbocycles. The molecule has 2 aromatic rings. The van der Waals surface area contributed by atoms with Crippen LogP contribution in [0.1, 0.15) is 36.0 Å². The molecule has 2 unspecified atom stereocenters. The lowest BCUT2D eigenvalue weighted by Crippen LogP contribution is -2.56. The molecule has 0 radical (unpaired) electrons. The number of sulfone groups is 1. The Kier molecular flexibility index (Phi) is 7.68. The predicted molar refractivity (Wildman–Crippen MR) is 138 cm³/mol. The third-order valence-corrected chi connectivity index (χ3v) is 10.7. The first-order valence-electron chi connectivity index (χ1n) is 12.7. The zero-order chi connectivity index (χ0) is 29.7. The number of anilines is 1. The minimum Gasteiger partial charge on any atom is -0.447 e. The van der Waals surface area contributed by atoms with Gasteiger partial charge in [-0.3, -0.25) is 9.59 Å². The van der Waals surface area contributed by atoms with E-state index in [0.29, 0.717) is 25.0 Å². The van der Waals surface area contributed by atoms with Crippen molar-refractivity contribution in [2.75, 3.05) is 18.5 Å². The Morgan fingerprint density at radius 1 is 1.10 bits per heavy atom. The van der Waals surface area contributed by atoms with E-state index < -0.39 is 73.9 Å². The topological polar surface area (TPSA) is 151 Å². The van der Waals surface area contributed by atoms with Crippen LogP contribution in [0.4, 0.5) is 23.7 Å². The highest BCUT2D eigenvalue weighted by molar-refractivity contribution is 7.92. The summed E-state index contributed by atoms with van der Waals surface area (Å²) in [6.07, 6.45) is 0.513. The van der Waals surface area contributed by atoms with Gasteiger partial charge in [-0.2, -0.15) is 0 Å². The number of fused-ring (bicyclic) bond motifs is 2. The van der Waals surface area contributed by atoms with Crippen LogP contribution in [0.15, 0.2) is 35.2 Å². The van der Waals surface area contributed by atoms with Crippen LogP contribution in [-0.4, -0.2) is 61.5 Å². The number of benzene rings is 2. The van der Waals surface area contributed by atoms with Crippen LogP contribution in [0.2, 0.25) is 5.02 Å². The first-order valence-corrected chi connectivity index (χ1v) is 14.6. The summed E-state index contributed by atoms with van der Waals surface area (Å²) in [7, 11) is -4.11. The first-order chi connectivity index (χ1) is 19.3. The van der Waals surface area contributed by atoms with Crippen molar-refractivity contribution in [1.29, 1.82) is 0 Å². The van der Waals surface area contributed by atoms with Gasteiger partial charge in [-0.15, -0.1) is 0 Å². The molecule has 3 fully saturated rings. The average Bonchev–Trinajstić information content (AvgIpc) is 3.38. The zero-order valence-corrected chi connectivity index (χ0v) is 22.8. The van der Waals surface area contributed by atoms with E-state index in [4.69, 9.17) is 16.3 Å². The largest absolute Gasteiger partial charge is 0.447 e. The number of cyclic esters (lactones) is 1. The van der Waals surface area contributed by atoms with Crippen molar-refractivity contribution in [3.8, 4) is 0 Å². The van der Waals surface area contributed by atoms with Gasteiger partial charge in [0.05, 0.1) is 20.8 Å². The Morgan fingerprint density at radius 2 is 1.73 bits per heavy atom. The fourth-order valence-corrected chi connectivity index (χ4v) is 8.30. The summed E-state index contributed by atoms with van der Waals surface area (Å²) in [5, 5.41) is 17.6. The molecule has 15 heteroatoms. The van der Waals surface area contributed by atoms with E-state index in [1.165, 1.54) is 12.1 Å². The SMILES string of the molecule is O=C1N[C@H](C(=O)NCC2(O)C3CCC2CC(S(=O)(=O)c2cc(C(=O)Nc4cc(F)c(F)c(F)c4)ccc2Cl)C3)CO1. The van der Waals surface area contributed by atoms with Gasteiger partial charge in [-0.1, -0.05) is 11.6 Å². The molecule has 0 aromatic heterocycles. The Labute approximate surface area is 237 Å². The number of hydrogen-bond acceptors (Lipinski definition) is 7. The summed E-state index contributed by atoms with van der Waals surface area (Å²) in [6, 6.07) is 3.80. The molecule has 2 saturated carbocycles. The summed E-state index contributed by atoms with van der Waals surface area (Å²) in [4.78, 5) is 36.0. The summed E-state index contributed by atoms with van der Waals surface area (Å²) in [5.41, 5.74) is -1.89. The predicted octanol–water partition coefficient (Wildman–Crippen LogP) is 2.93. The number of carbonyl (C=O) groups excluding carboxylic acids is 3. The number of nitrogens with one attached hydrogen (secondary N) is 3. The Hall–Kier alpha value is -3.36. The Balaban J connectivity index is 1.30. The fourth-order valence-electron chi connectivity index (χ4n) is 5.90. The average molecular weight is 616 g/mol. The van der Waals surface area contributed by atoms with Crippen molar-refractivity contribution >= 4 is 45.0 Å². The fraction of sp³-hybridized carbons (Fsp3) is 0.423. The number of hydrogen-bond donors (Lipinski definition) is 4. The van der Waals surface area contributed by atoms with E-state index in [9.17, 15) is 41.1 Å². The minimum atomic E-state index is -4.11. The van der Waals surface area contributed by atoms with Crippen LogP contribution < -0.4 is 16.0 Å². The van der Waals surface area contributed by atoms with Crippen molar-refractivity contribution in [2.45, 2.75) is 47.5 Å². The lowest BCUT2D eigenvalue weighted by molar-refractivity contribution is -0.126. The zero-order valence-electron chi connectivity index (χ0n) is 21.3. The number of carbonyl (C=O) groups is 3. The Morgan fingerprint density at radius 3 is 2.32 bits per heavy atom. The standard InChI is InChI=1S/C26H25ClF3N3O7S/c27-17-4-1-12(23(34)32-15-8-18(28)22(30)19(29)9-15)5-21(17)41(38,39)16-6-13-2-3-14(7-16)26(13,37)11-31-24(35)20-10-40-25(36)33-20/h1,4-5,8-9,13-14,16,20,37H,2-3,6-7,10-11H2,(H,31,35)(H,32,34)(H,33,36)/t13?,14?,16?,20-,26?/m0/s1. The molecule has 1 aliphatic heterocycles. The molecule has 4 N–H and O–H groups in total. The molecule has 10 nitrogen and oxygen atoms in total. The number of ether oxygens (including phenoxy) is 1. The summed E-state index contributed by atoms with van der Waals surface area (Å²) in [5.74, 6) is -7.05. The second-order valence-corrected chi connectivity index (χ2v) is 13.1. The van der Waals surface area contributed by atoms with Gasteiger partial charge in [0, 0.05) is 29.9 Å². The molecule has 1 heterocycles. The van der Waals surface area contributed by atoms with Crippen molar-refractivity contribution in [3.63, 3.8) is 0 Å². The number of halogens is 4. The maximum atomic E-state index is 13.7. The summed E-state index contributed by atoms with van der Waals surface area (Å²) >= 11 is 6.24. The van der Waals surface area contributed by atoms with E-state index in [1.54, 1.807) is 0 Å². The first kappa shape index (κ1) is 29.1. The van der Waals surface area contributed by atoms with Gasteiger partial charge in [-0.25, -0.2) is 26.4 Å². The molecule has 2 bridgehead atoms. The van der Waals surface area contributed by atoms with Crippen LogP contribution in [0.3, 0.4) is 0 Å². The molecule has 3 atom stereocenters. The third-order valence-electron chi connectivity index (χ3n) is 8.09. The highest BCUT2D eigenvalue weighted by Crippen LogP contribution is 2.52. The smallest absolute Gasteiger partial charge is 0.407 e. The molecule has 41 heavy (non-hydrogen) atoms. The van der Waals surface area contributed by atoms with E-state index >= 15 is 0 Å². The Bertz CT molecular complexity index is 1500. The van der Waals surface area contributed by atoms with Gasteiger partial charge in [0.15, 0.2) is 27.3 Å². The number of aliphatic hydroxyl groups is 1. The van der Waals surface area contributed by atoms with Gasteiger partial charge in [0.25, 0.3) is 5.91 Å². The lowest BCUT2D eigenvalue weighted by atomic mass is 9.74. The number of alkyl carbamates (subject to hydrolysis) is 1. The molecule has 5 rings (SSSR count). The molecular formula is C26H25ClF3N3O7S. The molecular weight excluding hydrogens is 591 g/mol. The second-order valence-electron chi connectivity index (χ2n) is 10.5. The highest BCUT2D eigenvalue weighted by atomic mass is 35.5. The van der Waals surface area contributed by atoms with Crippen molar-refractivity contribution in [1.82, 2.24) is 10.6 Å². The van der Waals surface area contributed by atoms with Crippen molar-refractivity contribution in [2.24, 2.45) is 11.8 Å². The van der Waals surface area contributed by atoms with Crippen molar-refractivity contribution < 1.29 is 45.8 Å². The minimum absolute atomic E-state index is 0.0787. The van der Waals surface area contributed by atoms with Crippen molar-refractivity contribution in [3.05, 3.63) is 58.4 Å². The third kappa shape index (κ3) is 5.47. The van der Waals surface area contributed by atoms with E-state index in [0.717, 1.165) is 6.07 Å². The normalized spacial score (nSPS) is 27.2. The van der Waals surface area contributed by atoms with Crippen LogP contribution in [0.5, 0.6) is 0 Å². The molecule has 2 aromatic carbocycles. The van der Waals surface area contributed by atoms with Gasteiger partial charge in [0.2, 0.25) is 5.91 Å². The molecule has 0 spiro atoms. The quantitative estimate of drug-likeness (QED) is 0.350. The van der Waals surface area contributed by atoms with Crippen LogP contribution in [-0.2, 0) is 19.4 Å². The maximum absolute atomic E-state index is 13.7. The maximum Gasteiger partial charge on any atom is 0.407 e. The summed E-state index contributed by atoms with van der Waals surface area (Å²) in [6.45, 7) is -0.257. The van der Waals surface area contributed by atoms with E-state index in [1.807, 2.05) is 0 Å². The van der Waals surface area contributed by atoms with E-state index in [2.05, 4.69) is 16.0 Å².